The highest BCUT2D eigenvalue weighted by Gasteiger charge is 2.19. The van der Waals surface area contributed by atoms with Crippen molar-refractivity contribution in [1.82, 2.24) is 15.5 Å². The van der Waals surface area contributed by atoms with Gasteiger partial charge in [-0.25, -0.2) is 0 Å². The maximum atomic E-state index is 11.7. The summed E-state index contributed by atoms with van der Waals surface area (Å²) in [7, 11) is 1.81. The summed E-state index contributed by atoms with van der Waals surface area (Å²) in [6.07, 6.45) is 4.04. The van der Waals surface area contributed by atoms with Crippen LogP contribution in [0.25, 0.3) is 0 Å². The van der Waals surface area contributed by atoms with Gasteiger partial charge in [-0.1, -0.05) is 38.1 Å². The third-order valence-electron chi connectivity index (χ3n) is 4.81. The minimum Gasteiger partial charge on any atom is -0.354 e. The summed E-state index contributed by atoms with van der Waals surface area (Å²) in [6.45, 7) is 9.05. The lowest BCUT2D eigenvalue weighted by atomic mass is 10.0. The highest BCUT2D eigenvalue weighted by Crippen LogP contribution is 2.14. The molecular formula is C21H35IN4O. The SMILES string of the molecule is CN=C(NCc1ccc(CN2CCCC2=O)cc1)NC(C)CCC(C)C.I. The molecule has 1 saturated heterocycles. The summed E-state index contributed by atoms with van der Waals surface area (Å²) < 4.78 is 0. The summed E-state index contributed by atoms with van der Waals surface area (Å²) in [5.41, 5.74) is 2.40. The van der Waals surface area contributed by atoms with Crippen LogP contribution in [-0.4, -0.2) is 36.4 Å². The molecule has 1 atom stereocenters. The molecule has 0 spiro atoms. The third kappa shape index (κ3) is 8.49. The van der Waals surface area contributed by atoms with E-state index in [2.05, 4.69) is 60.7 Å². The van der Waals surface area contributed by atoms with E-state index in [4.69, 9.17) is 0 Å². The standard InChI is InChI=1S/C21H34N4O.HI/c1-16(2)7-8-17(3)24-21(22-4)23-14-18-9-11-19(12-10-18)15-25-13-5-6-20(25)26;/h9-12,16-17H,5-8,13-15H2,1-4H3,(H2,22,23,24);1H. The first-order valence-corrected chi connectivity index (χ1v) is 9.80. The fourth-order valence-corrected chi connectivity index (χ4v) is 3.12. The molecule has 27 heavy (non-hydrogen) atoms. The molecule has 1 fully saturated rings. The van der Waals surface area contributed by atoms with Gasteiger partial charge in [-0.15, -0.1) is 24.0 Å². The second-order valence-electron chi connectivity index (χ2n) is 7.68. The van der Waals surface area contributed by atoms with Crippen LogP contribution in [0.4, 0.5) is 0 Å². The maximum absolute atomic E-state index is 11.7. The summed E-state index contributed by atoms with van der Waals surface area (Å²) >= 11 is 0. The minimum absolute atomic E-state index is 0. The van der Waals surface area contributed by atoms with Crippen LogP contribution < -0.4 is 10.6 Å². The molecule has 0 aromatic heterocycles. The van der Waals surface area contributed by atoms with E-state index in [1.54, 1.807) is 7.05 Å². The van der Waals surface area contributed by atoms with Gasteiger partial charge >= 0.3 is 0 Å². The monoisotopic (exact) mass is 486 g/mol. The van der Waals surface area contributed by atoms with Crippen molar-refractivity contribution in [2.45, 2.75) is 65.6 Å². The zero-order chi connectivity index (χ0) is 18.9. The van der Waals surface area contributed by atoms with E-state index < -0.39 is 0 Å². The summed E-state index contributed by atoms with van der Waals surface area (Å²) in [6, 6.07) is 8.88. The first kappa shape index (κ1) is 23.7. The number of halogens is 1. The van der Waals surface area contributed by atoms with Crippen LogP contribution in [0.1, 0.15) is 57.6 Å². The predicted molar refractivity (Wildman–Crippen MR) is 123 cm³/mol. The topological polar surface area (TPSA) is 56.7 Å². The second-order valence-corrected chi connectivity index (χ2v) is 7.68. The summed E-state index contributed by atoms with van der Waals surface area (Å²) in [5.74, 6) is 1.84. The lowest BCUT2D eigenvalue weighted by Crippen LogP contribution is -2.41. The average Bonchev–Trinajstić information content (AvgIpc) is 3.02. The Bertz CT molecular complexity index is 601. The Morgan fingerprint density at radius 2 is 1.81 bits per heavy atom. The van der Waals surface area contributed by atoms with E-state index in [9.17, 15) is 4.79 Å². The molecule has 5 nitrogen and oxygen atoms in total. The van der Waals surface area contributed by atoms with Crippen LogP contribution in [0.2, 0.25) is 0 Å². The Morgan fingerprint density at radius 1 is 1.15 bits per heavy atom. The first-order chi connectivity index (χ1) is 12.5. The molecule has 2 N–H and O–H groups in total. The molecule has 1 aromatic rings. The minimum atomic E-state index is 0. The predicted octanol–water partition coefficient (Wildman–Crippen LogP) is 3.92. The van der Waals surface area contributed by atoms with Crippen molar-refractivity contribution in [1.29, 1.82) is 0 Å². The molecule has 1 aromatic carbocycles. The normalized spacial score (nSPS) is 15.7. The maximum Gasteiger partial charge on any atom is 0.222 e. The number of amides is 1. The van der Waals surface area contributed by atoms with Crippen LogP contribution >= 0.6 is 24.0 Å². The molecule has 0 aliphatic carbocycles. The van der Waals surface area contributed by atoms with Gasteiger partial charge in [0, 0.05) is 39.1 Å². The summed E-state index contributed by atoms with van der Waals surface area (Å²) in [4.78, 5) is 18.0. The lowest BCUT2D eigenvalue weighted by molar-refractivity contribution is -0.128. The Labute approximate surface area is 181 Å². The van der Waals surface area contributed by atoms with Crippen molar-refractivity contribution in [2.24, 2.45) is 10.9 Å². The largest absolute Gasteiger partial charge is 0.354 e. The Morgan fingerprint density at radius 3 is 2.37 bits per heavy atom. The van der Waals surface area contributed by atoms with Crippen molar-refractivity contribution in [3.63, 3.8) is 0 Å². The molecule has 0 bridgehead atoms. The van der Waals surface area contributed by atoms with Gasteiger partial charge in [0.05, 0.1) is 0 Å². The molecule has 1 aliphatic rings. The van der Waals surface area contributed by atoms with Gasteiger partial charge in [-0.3, -0.25) is 9.79 Å². The quantitative estimate of drug-likeness (QED) is 0.333. The molecule has 2 rings (SSSR count). The van der Waals surface area contributed by atoms with E-state index >= 15 is 0 Å². The second kappa shape index (κ2) is 12.2. The number of carbonyl (C=O) groups is 1. The smallest absolute Gasteiger partial charge is 0.222 e. The zero-order valence-electron chi connectivity index (χ0n) is 17.1. The van der Waals surface area contributed by atoms with Crippen LogP contribution in [0.3, 0.4) is 0 Å². The highest BCUT2D eigenvalue weighted by atomic mass is 127. The number of aliphatic imine (C=N–C) groups is 1. The van der Waals surface area contributed by atoms with Crippen molar-refractivity contribution < 1.29 is 4.79 Å². The number of nitrogens with zero attached hydrogens (tertiary/aromatic N) is 2. The average molecular weight is 486 g/mol. The van der Waals surface area contributed by atoms with Gasteiger partial charge in [-0.05, 0) is 43.2 Å². The van der Waals surface area contributed by atoms with Gasteiger partial charge in [0.15, 0.2) is 5.96 Å². The van der Waals surface area contributed by atoms with E-state index in [-0.39, 0.29) is 29.9 Å². The van der Waals surface area contributed by atoms with Gasteiger partial charge in [-0.2, -0.15) is 0 Å². The molecular weight excluding hydrogens is 451 g/mol. The van der Waals surface area contributed by atoms with Crippen LogP contribution in [0.5, 0.6) is 0 Å². The van der Waals surface area contributed by atoms with E-state index in [1.807, 2.05) is 4.90 Å². The van der Waals surface area contributed by atoms with Gasteiger partial charge in [0.1, 0.15) is 0 Å². The fourth-order valence-electron chi connectivity index (χ4n) is 3.12. The van der Waals surface area contributed by atoms with Crippen LogP contribution in [0, 0.1) is 5.92 Å². The fraction of sp³-hybridized carbons (Fsp3) is 0.619. The molecule has 1 heterocycles. The number of hydrogen-bond acceptors (Lipinski definition) is 2. The zero-order valence-corrected chi connectivity index (χ0v) is 19.5. The van der Waals surface area contributed by atoms with Gasteiger partial charge < -0.3 is 15.5 Å². The lowest BCUT2D eigenvalue weighted by Gasteiger charge is -2.19. The Hall–Kier alpha value is -1.31. The van der Waals surface area contributed by atoms with Gasteiger partial charge in [0.25, 0.3) is 0 Å². The summed E-state index contributed by atoms with van der Waals surface area (Å²) in [5, 5.41) is 6.83. The molecule has 1 aliphatic heterocycles. The van der Waals surface area contributed by atoms with E-state index in [0.717, 1.165) is 44.4 Å². The third-order valence-corrected chi connectivity index (χ3v) is 4.81. The molecule has 0 saturated carbocycles. The molecule has 0 radical (unpaired) electrons. The molecule has 6 heteroatoms. The number of nitrogens with one attached hydrogen (secondary N) is 2. The Balaban J connectivity index is 0.00000364. The first-order valence-electron chi connectivity index (χ1n) is 9.80. The highest BCUT2D eigenvalue weighted by molar-refractivity contribution is 14.0. The molecule has 1 amide bonds. The number of guanidine groups is 1. The molecule has 1 unspecified atom stereocenters. The van der Waals surface area contributed by atoms with Crippen molar-refractivity contribution in [3.8, 4) is 0 Å². The van der Waals surface area contributed by atoms with Crippen molar-refractivity contribution in [2.75, 3.05) is 13.6 Å². The van der Waals surface area contributed by atoms with Crippen molar-refractivity contribution >= 4 is 35.8 Å². The van der Waals surface area contributed by atoms with Crippen LogP contribution in [-0.2, 0) is 17.9 Å². The van der Waals surface area contributed by atoms with Gasteiger partial charge in [0.2, 0.25) is 5.91 Å². The Kier molecular flexibility index (Phi) is 10.7. The van der Waals surface area contributed by atoms with E-state index in [0.29, 0.717) is 12.5 Å². The number of hydrogen-bond donors (Lipinski definition) is 2. The van der Waals surface area contributed by atoms with Crippen LogP contribution in [0.15, 0.2) is 29.3 Å². The number of carbonyl (C=O) groups excluding carboxylic acids is 1. The number of rotatable bonds is 8. The number of benzene rings is 1. The molecule has 152 valence electrons. The van der Waals surface area contributed by atoms with E-state index in [1.165, 1.54) is 17.5 Å². The van der Waals surface area contributed by atoms with Crippen molar-refractivity contribution in [3.05, 3.63) is 35.4 Å². The number of likely N-dealkylation sites (tertiary alicyclic amines) is 1.